The second-order valence-corrected chi connectivity index (χ2v) is 5.71. The van der Waals surface area contributed by atoms with Crippen LogP contribution in [0.15, 0.2) is 16.7 Å². The zero-order valence-electron chi connectivity index (χ0n) is 11.3. The highest BCUT2D eigenvalue weighted by molar-refractivity contribution is 5.14. The van der Waals surface area contributed by atoms with E-state index in [0.717, 1.165) is 24.1 Å². The number of hydrogen-bond acceptors (Lipinski definition) is 2. The summed E-state index contributed by atoms with van der Waals surface area (Å²) in [5.41, 5.74) is 1.26. The third kappa shape index (κ3) is 3.12. The SMILES string of the molecule is Cc1ccoc1CNC1CCCCC1C(C)C. The Morgan fingerprint density at radius 3 is 2.76 bits per heavy atom. The zero-order chi connectivity index (χ0) is 12.3. The molecule has 0 bridgehead atoms. The molecular formula is C15H25NO. The molecule has 0 amide bonds. The lowest BCUT2D eigenvalue weighted by molar-refractivity contribution is 0.201. The van der Waals surface area contributed by atoms with E-state index in [1.807, 2.05) is 6.07 Å². The van der Waals surface area contributed by atoms with E-state index >= 15 is 0 Å². The van der Waals surface area contributed by atoms with Crippen LogP contribution < -0.4 is 5.32 Å². The summed E-state index contributed by atoms with van der Waals surface area (Å²) in [6.45, 7) is 7.69. The van der Waals surface area contributed by atoms with E-state index in [2.05, 4.69) is 26.1 Å². The van der Waals surface area contributed by atoms with Gasteiger partial charge in [-0.05, 0) is 43.2 Å². The zero-order valence-corrected chi connectivity index (χ0v) is 11.3. The fraction of sp³-hybridized carbons (Fsp3) is 0.733. The van der Waals surface area contributed by atoms with Crippen LogP contribution in [0.3, 0.4) is 0 Å². The average Bonchev–Trinajstić information content (AvgIpc) is 2.72. The number of rotatable bonds is 4. The molecule has 2 heteroatoms. The van der Waals surface area contributed by atoms with Gasteiger partial charge in [0.05, 0.1) is 12.8 Å². The van der Waals surface area contributed by atoms with Crippen molar-refractivity contribution in [1.29, 1.82) is 0 Å². The predicted molar refractivity (Wildman–Crippen MR) is 70.9 cm³/mol. The van der Waals surface area contributed by atoms with Gasteiger partial charge in [-0.15, -0.1) is 0 Å². The minimum Gasteiger partial charge on any atom is -0.468 e. The van der Waals surface area contributed by atoms with Crippen LogP contribution in [0, 0.1) is 18.8 Å². The summed E-state index contributed by atoms with van der Waals surface area (Å²) in [4.78, 5) is 0. The Morgan fingerprint density at radius 2 is 2.12 bits per heavy atom. The molecule has 0 aromatic carbocycles. The Morgan fingerprint density at radius 1 is 1.35 bits per heavy atom. The maximum atomic E-state index is 5.49. The molecule has 96 valence electrons. The topological polar surface area (TPSA) is 25.2 Å². The van der Waals surface area contributed by atoms with Gasteiger partial charge in [0, 0.05) is 6.04 Å². The molecule has 0 aliphatic heterocycles. The highest BCUT2D eigenvalue weighted by Crippen LogP contribution is 2.30. The highest BCUT2D eigenvalue weighted by atomic mass is 16.3. The van der Waals surface area contributed by atoms with Gasteiger partial charge in [0.1, 0.15) is 5.76 Å². The van der Waals surface area contributed by atoms with Crippen LogP contribution >= 0.6 is 0 Å². The lowest BCUT2D eigenvalue weighted by atomic mass is 9.78. The Kier molecular flexibility index (Phi) is 4.27. The van der Waals surface area contributed by atoms with Gasteiger partial charge < -0.3 is 9.73 Å². The van der Waals surface area contributed by atoms with Gasteiger partial charge in [-0.2, -0.15) is 0 Å². The molecule has 1 heterocycles. The van der Waals surface area contributed by atoms with Gasteiger partial charge in [-0.3, -0.25) is 0 Å². The van der Waals surface area contributed by atoms with Crippen molar-refractivity contribution in [2.75, 3.05) is 0 Å². The van der Waals surface area contributed by atoms with Gasteiger partial charge in [0.15, 0.2) is 0 Å². The molecule has 1 saturated carbocycles. The van der Waals surface area contributed by atoms with Crippen molar-refractivity contribution in [2.45, 2.75) is 59.0 Å². The second-order valence-electron chi connectivity index (χ2n) is 5.71. The van der Waals surface area contributed by atoms with Crippen LogP contribution in [-0.2, 0) is 6.54 Å². The predicted octanol–water partition coefficient (Wildman–Crippen LogP) is 3.89. The molecule has 1 N–H and O–H groups in total. The third-order valence-electron chi connectivity index (χ3n) is 4.17. The molecular weight excluding hydrogens is 210 g/mol. The van der Waals surface area contributed by atoms with Gasteiger partial charge in [-0.1, -0.05) is 26.7 Å². The molecule has 1 aromatic rings. The summed E-state index contributed by atoms with van der Waals surface area (Å²) in [7, 11) is 0. The lowest BCUT2D eigenvalue weighted by Gasteiger charge is -2.35. The van der Waals surface area contributed by atoms with Gasteiger partial charge in [0.2, 0.25) is 0 Å². The normalized spacial score (nSPS) is 25.4. The Bertz CT molecular complexity index is 342. The van der Waals surface area contributed by atoms with Crippen LogP contribution in [-0.4, -0.2) is 6.04 Å². The van der Waals surface area contributed by atoms with Gasteiger partial charge in [-0.25, -0.2) is 0 Å². The van der Waals surface area contributed by atoms with Crippen LogP contribution in [0.5, 0.6) is 0 Å². The first-order chi connectivity index (χ1) is 8.18. The number of nitrogens with one attached hydrogen (secondary N) is 1. The van der Waals surface area contributed by atoms with Crippen molar-refractivity contribution in [3.63, 3.8) is 0 Å². The fourth-order valence-corrected chi connectivity index (χ4v) is 3.02. The number of aryl methyl sites for hydroxylation is 1. The first-order valence-electron chi connectivity index (χ1n) is 6.95. The minimum absolute atomic E-state index is 0.674. The molecule has 1 fully saturated rings. The number of furan rings is 1. The first kappa shape index (κ1) is 12.7. The van der Waals surface area contributed by atoms with Crippen molar-refractivity contribution < 1.29 is 4.42 Å². The standard InChI is InChI=1S/C15H25NO/c1-11(2)13-6-4-5-7-14(13)16-10-15-12(3)8-9-17-15/h8-9,11,13-14,16H,4-7,10H2,1-3H3. The maximum Gasteiger partial charge on any atom is 0.120 e. The van der Waals surface area contributed by atoms with Gasteiger partial charge >= 0.3 is 0 Å². The third-order valence-corrected chi connectivity index (χ3v) is 4.17. The summed E-state index contributed by atoms with van der Waals surface area (Å²) >= 11 is 0. The van der Waals surface area contributed by atoms with Crippen molar-refractivity contribution in [1.82, 2.24) is 5.32 Å². The molecule has 2 atom stereocenters. The van der Waals surface area contributed by atoms with Crippen LogP contribution in [0.2, 0.25) is 0 Å². The summed E-state index contributed by atoms with van der Waals surface area (Å²) < 4.78 is 5.49. The smallest absolute Gasteiger partial charge is 0.120 e. The van der Waals surface area contributed by atoms with E-state index in [0.29, 0.717) is 6.04 Å². The van der Waals surface area contributed by atoms with Crippen molar-refractivity contribution >= 4 is 0 Å². The largest absolute Gasteiger partial charge is 0.468 e. The van der Waals surface area contributed by atoms with Crippen LogP contribution in [0.25, 0.3) is 0 Å². The summed E-state index contributed by atoms with van der Waals surface area (Å²) in [6.07, 6.45) is 7.26. The first-order valence-corrected chi connectivity index (χ1v) is 6.95. The van der Waals surface area contributed by atoms with Crippen molar-refractivity contribution in [3.05, 3.63) is 23.7 Å². The quantitative estimate of drug-likeness (QED) is 0.856. The molecule has 1 aliphatic rings. The Balaban J connectivity index is 1.90. The number of hydrogen-bond donors (Lipinski definition) is 1. The molecule has 1 aliphatic carbocycles. The van der Waals surface area contributed by atoms with Crippen molar-refractivity contribution in [3.8, 4) is 0 Å². The molecule has 0 spiro atoms. The molecule has 0 saturated heterocycles. The Hall–Kier alpha value is -0.760. The van der Waals surface area contributed by atoms with Crippen LogP contribution in [0.4, 0.5) is 0 Å². The average molecular weight is 235 g/mol. The summed E-state index contributed by atoms with van der Waals surface area (Å²) in [5.74, 6) is 2.71. The van der Waals surface area contributed by atoms with E-state index in [1.54, 1.807) is 6.26 Å². The Labute approximate surface area is 105 Å². The monoisotopic (exact) mass is 235 g/mol. The summed E-state index contributed by atoms with van der Waals surface area (Å²) in [6, 6.07) is 2.71. The minimum atomic E-state index is 0.674. The molecule has 2 unspecified atom stereocenters. The molecule has 2 nitrogen and oxygen atoms in total. The van der Waals surface area contributed by atoms with Gasteiger partial charge in [0.25, 0.3) is 0 Å². The summed E-state index contributed by atoms with van der Waals surface area (Å²) in [5, 5.41) is 3.70. The molecule has 1 aromatic heterocycles. The highest BCUT2D eigenvalue weighted by Gasteiger charge is 2.27. The fourth-order valence-electron chi connectivity index (χ4n) is 3.02. The van der Waals surface area contributed by atoms with E-state index in [1.165, 1.54) is 31.2 Å². The van der Waals surface area contributed by atoms with E-state index in [-0.39, 0.29) is 0 Å². The molecule has 17 heavy (non-hydrogen) atoms. The lowest BCUT2D eigenvalue weighted by Crippen LogP contribution is -2.40. The maximum absolute atomic E-state index is 5.49. The van der Waals surface area contributed by atoms with Crippen molar-refractivity contribution in [2.24, 2.45) is 11.8 Å². The van der Waals surface area contributed by atoms with E-state index < -0.39 is 0 Å². The van der Waals surface area contributed by atoms with E-state index in [4.69, 9.17) is 4.42 Å². The second kappa shape index (κ2) is 5.72. The molecule has 2 rings (SSSR count). The van der Waals surface area contributed by atoms with Crippen LogP contribution in [0.1, 0.15) is 50.9 Å². The van der Waals surface area contributed by atoms with E-state index in [9.17, 15) is 0 Å². The molecule has 0 radical (unpaired) electrons.